The molecule has 1 saturated heterocycles. The third-order valence-corrected chi connectivity index (χ3v) is 4.03. The Morgan fingerprint density at radius 1 is 1.27 bits per heavy atom. The number of hydrogen-bond donors (Lipinski definition) is 1. The number of nitrogens with one attached hydrogen (secondary N) is 1. The second-order valence-corrected chi connectivity index (χ2v) is 5.62. The van der Waals surface area contributed by atoms with Gasteiger partial charge in [0.25, 0.3) is 5.91 Å². The van der Waals surface area contributed by atoms with Crippen molar-refractivity contribution in [3.63, 3.8) is 0 Å². The van der Waals surface area contributed by atoms with Crippen molar-refractivity contribution in [1.82, 2.24) is 24.9 Å². The van der Waals surface area contributed by atoms with Gasteiger partial charge in [-0.3, -0.25) is 14.3 Å². The molecule has 1 aliphatic rings. The molecule has 7 nitrogen and oxygen atoms in total. The number of rotatable bonds is 5. The predicted molar refractivity (Wildman–Crippen MR) is 83.6 cm³/mol. The van der Waals surface area contributed by atoms with Gasteiger partial charge in [0, 0.05) is 46.2 Å². The minimum absolute atomic E-state index is 0.109. The van der Waals surface area contributed by atoms with E-state index in [1.165, 1.54) is 0 Å². The van der Waals surface area contributed by atoms with Gasteiger partial charge in [0.05, 0.1) is 5.69 Å². The van der Waals surface area contributed by atoms with Crippen LogP contribution in [0.1, 0.15) is 29.5 Å². The molecule has 22 heavy (non-hydrogen) atoms. The fourth-order valence-electron chi connectivity index (χ4n) is 2.67. The molecule has 1 aromatic heterocycles. The van der Waals surface area contributed by atoms with E-state index in [0.717, 1.165) is 38.4 Å². The molecular formula is C15H25N5O2. The lowest BCUT2D eigenvalue weighted by Crippen LogP contribution is -2.49. The van der Waals surface area contributed by atoms with E-state index >= 15 is 0 Å². The summed E-state index contributed by atoms with van der Waals surface area (Å²) in [6.07, 6.45) is 0.342. The van der Waals surface area contributed by atoms with Crippen LogP contribution in [0.15, 0.2) is 6.07 Å². The number of piperazine rings is 1. The quantitative estimate of drug-likeness (QED) is 0.832. The lowest BCUT2D eigenvalue weighted by Gasteiger charge is -2.34. The van der Waals surface area contributed by atoms with Crippen LogP contribution in [0.2, 0.25) is 0 Å². The summed E-state index contributed by atoms with van der Waals surface area (Å²) in [4.78, 5) is 28.3. The molecule has 0 saturated carbocycles. The molecule has 0 aromatic carbocycles. The van der Waals surface area contributed by atoms with E-state index in [-0.39, 0.29) is 11.8 Å². The van der Waals surface area contributed by atoms with Gasteiger partial charge < -0.3 is 15.1 Å². The summed E-state index contributed by atoms with van der Waals surface area (Å²) < 4.78 is 1.55. The number of carbonyl (C=O) groups is 2. The maximum absolute atomic E-state index is 12.1. The largest absolute Gasteiger partial charge is 0.350 e. The topological polar surface area (TPSA) is 70.5 Å². The molecule has 1 aromatic rings. The monoisotopic (exact) mass is 307 g/mol. The van der Waals surface area contributed by atoms with E-state index < -0.39 is 0 Å². The maximum atomic E-state index is 12.1. The first kappa shape index (κ1) is 16.5. The first-order chi connectivity index (χ1) is 10.5. The second kappa shape index (κ2) is 7.40. The second-order valence-electron chi connectivity index (χ2n) is 5.62. The molecule has 0 atom stereocenters. The van der Waals surface area contributed by atoms with Crippen molar-refractivity contribution in [1.29, 1.82) is 0 Å². The average Bonchev–Trinajstić information content (AvgIpc) is 2.86. The fourth-order valence-corrected chi connectivity index (χ4v) is 2.67. The molecule has 0 radical (unpaired) electrons. The van der Waals surface area contributed by atoms with Gasteiger partial charge >= 0.3 is 0 Å². The summed E-state index contributed by atoms with van der Waals surface area (Å²) in [5, 5.41) is 6.93. The van der Waals surface area contributed by atoms with Crippen molar-refractivity contribution in [3.8, 4) is 0 Å². The molecule has 122 valence electrons. The Balaban J connectivity index is 1.73. The van der Waals surface area contributed by atoms with Crippen LogP contribution in [0.4, 0.5) is 0 Å². The summed E-state index contributed by atoms with van der Waals surface area (Å²) >= 11 is 0. The fraction of sp³-hybridized carbons (Fsp3) is 0.667. The van der Waals surface area contributed by atoms with Crippen LogP contribution < -0.4 is 5.32 Å². The van der Waals surface area contributed by atoms with Gasteiger partial charge in [0.1, 0.15) is 5.69 Å². The highest BCUT2D eigenvalue weighted by atomic mass is 16.2. The van der Waals surface area contributed by atoms with Gasteiger partial charge in [0.2, 0.25) is 5.91 Å². The van der Waals surface area contributed by atoms with Crippen molar-refractivity contribution in [2.75, 3.05) is 39.3 Å². The standard InChI is InChI=1S/C15H25N5O2/c1-4-19-7-9-20(10-8-19)14(21)5-6-16-15(22)13-11-12(2)17-18(13)3/h11H,4-10H2,1-3H3,(H,16,22). The lowest BCUT2D eigenvalue weighted by molar-refractivity contribution is -0.132. The van der Waals surface area contributed by atoms with Crippen molar-refractivity contribution in [2.45, 2.75) is 20.3 Å². The zero-order valence-corrected chi connectivity index (χ0v) is 13.6. The van der Waals surface area contributed by atoms with E-state index in [2.05, 4.69) is 22.2 Å². The summed E-state index contributed by atoms with van der Waals surface area (Å²) in [6.45, 7) is 8.79. The van der Waals surface area contributed by atoms with E-state index in [4.69, 9.17) is 0 Å². The predicted octanol–water partition coefficient (Wildman–Crippen LogP) is 0.0125. The summed E-state index contributed by atoms with van der Waals surface area (Å²) in [7, 11) is 1.74. The zero-order chi connectivity index (χ0) is 16.1. The van der Waals surface area contributed by atoms with Crippen LogP contribution in [0.3, 0.4) is 0 Å². The maximum Gasteiger partial charge on any atom is 0.269 e. The van der Waals surface area contributed by atoms with Crippen molar-refractivity contribution in [2.24, 2.45) is 7.05 Å². The number of amides is 2. The van der Waals surface area contributed by atoms with Gasteiger partial charge in [-0.25, -0.2) is 0 Å². The third kappa shape index (κ3) is 4.07. The van der Waals surface area contributed by atoms with Gasteiger partial charge in [-0.2, -0.15) is 5.10 Å². The highest BCUT2D eigenvalue weighted by Crippen LogP contribution is 2.04. The first-order valence-corrected chi connectivity index (χ1v) is 7.80. The number of aryl methyl sites for hydroxylation is 2. The number of carbonyl (C=O) groups excluding carboxylic acids is 2. The number of likely N-dealkylation sites (N-methyl/N-ethyl adjacent to an activating group) is 1. The summed E-state index contributed by atoms with van der Waals surface area (Å²) in [5.41, 5.74) is 1.32. The highest BCUT2D eigenvalue weighted by molar-refractivity contribution is 5.92. The van der Waals surface area contributed by atoms with E-state index in [1.807, 2.05) is 11.8 Å². The van der Waals surface area contributed by atoms with Crippen molar-refractivity contribution < 1.29 is 9.59 Å². The molecule has 7 heteroatoms. The van der Waals surface area contributed by atoms with Crippen LogP contribution in [0.25, 0.3) is 0 Å². The average molecular weight is 307 g/mol. The summed E-state index contributed by atoms with van der Waals surface area (Å²) in [6, 6.07) is 1.74. The van der Waals surface area contributed by atoms with Crippen LogP contribution in [-0.2, 0) is 11.8 Å². The zero-order valence-electron chi connectivity index (χ0n) is 13.6. The molecule has 2 heterocycles. The minimum Gasteiger partial charge on any atom is -0.350 e. The molecule has 1 N–H and O–H groups in total. The lowest BCUT2D eigenvalue weighted by atomic mass is 10.2. The Labute approximate surface area is 131 Å². The van der Waals surface area contributed by atoms with Crippen molar-refractivity contribution in [3.05, 3.63) is 17.5 Å². The Kier molecular flexibility index (Phi) is 5.54. The third-order valence-electron chi connectivity index (χ3n) is 4.03. The number of aromatic nitrogens is 2. The number of nitrogens with zero attached hydrogens (tertiary/aromatic N) is 4. The Morgan fingerprint density at radius 3 is 2.50 bits per heavy atom. The Morgan fingerprint density at radius 2 is 1.95 bits per heavy atom. The Bertz CT molecular complexity index is 532. The van der Waals surface area contributed by atoms with E-state index in [9.17, 15) is 9.59 Å². The molecule has 2 amide bonds. The van der Waals surface area contributed by atoms with Crippen molar-refractivity contribution >= 4 is 11.8 Å². The molecule has 0 aliphatic carbocycles. The molecule has 0 bridgehead atoms. The Hall–Kier alpha value is -1.89. The smallest absolute Gasteiger partial charge is 0.269 e. The number of hydrogen-bond acceptors (Lipinski definition) is 4. The minimum atomic E-state index is -0.188. The molecule has 0 spiro atoms. The first-order valence-electron chi connectivity index (χ1n) is 7.80. The van der Waals surface area contributed by atoms with Gasteiger partial charge in [-0.15, -0.1) is 0 Å². The summed E-state index contributed by atoms with van der Waals surface area (Å²) in [5.74, 6) is -0.0797. The molecule has 2 rings (SSSR count). The van der Waals surface area contributed by atoms with Crippen LogP contribution in [-0.4, -0.2) is 70.7 Å². The SMILES string of the molecule is CCN1CCN(C(=O)CCNC(=O)c2cc(C)nn2C)CC1. The molecular weight excluding hydrogens is 282 g/mol. The van der Waals surface area contributed by atoms with Gasteiger partial charge in [-0.05, 0) is 19.5 Å². The highest BCUT2D eigenvalue weighted by Gasteiger charge is 2.20. The normalized spacial score (nSPS) is 15.9. The van der Waals surface area contributed by atoms with Gasteiger partial charge in [0.15, 0.2) is 0 Å². The molecule has 1 fully saturated rings. The van der Waals surface area contributed by atoms with Crippen LogP contribution in [0, 0.1) is 6.92 Å². The molecule has 0 unspecified atom stereocenters. The van der Waals surface area contributed by atoms with E-state index in [1.54, 1.807) is 17.8 Å². The van der Waals surface area contributed by atoms with E-state index in [0.29, 0.717) is 18.7 Å². The molecule has 1 aliphatic heterocycles. The van der Waals surface area contributed by atoms with Gasteiger partial charge in [-0.1, -0.05) is 6.92 Å². The van der Waals surface area contributed by atoms with Crippen LogP contribution in [0.5, 0.6) is 0 Å². The van der Waals surface area contributed by atoms with Crippen LogP contribution >= 0.6 is 0 Å².